The second-order valence-electron chi connectivity index (χ2n) is 6.54. The number of primary sulfonamides is 1. The first-order valence-corrected chi connectivity index (χ1v) is 13.3. The van der Waals surface area contributed by atoms with E-state index in [1.165, 1.54) is 36.0 Å². The number of amides is 1. The molecule has 0 aliphatic carbocycles. The zero-order valence-corrected chi connectivity index (χ0v) is 19.5. The molecule has 3 aromatic heterocycles. The van der Waals surface area contributed by atoms with E-state index in [2.05, 4.69) is 10.3 Å². The van der Waals surface area contributed by atoms with Gasteiger partial charge in [0.2, 0.25) is 15.9 Å². The van der Waals surface area contributed by atoms with Crippen molar-refractivity contribution in [2.24, 2.45) is 5.14 Å². The van der Waals surface area contributed by atoms with Gasteiger partial charge < -0.3 is 10.3 Å². The quantitative estimate of drug-likeness (QED) is 0.326. The van der Waals surface area contributed by atoms with Crippen molar-refractivity contribution in [3.8, 4) is 21.1 Å². The number of benzene rings is 1. The van der Waals surface area contributed by atoms with Crippen LogP contribution in [0.4, 0.5) is 5.69 Å². The third-order valence-electron chi connectivity index (χ3n) is 4.31. The number of H-pyrrole nitrogens is 1. The Morgan fingerprint density at radius 3 is 2.32 bits per heavy atom. The summed E-state index contributed by atoms with van der Waals surface area (Å²) in [6.45, 7) is 1.79. The maximum atomic E-state index is 12.6. The van der Waals surface area contributed by atoms with Gasteiger partial charge in [0, 0.05) is 5.69 Å². The zero-order valence-electron chi connectivity index (χ0n) is 16.2. The minimum Gasteiger partial charge on any atom is -0.332 e. The lowest BCUT2D eigenvalue weighted by atomic mass is 10.2. The van der Waals surface area contributed by atoms with Crippen LogP contribution in [0.15, 0.2) is 69.3 Å². The predicted octanol–water partition coefficient (Wildman–Crippen LogP) is 4.63. The van der Waals surface area contributed by atoms with E-state index in [0.29, 0.717) is 10.8 Å². The Balaban J connectivity index is 1.50. The number of sulfonamides is 1. The van der Waals surface area contributed by atoms with Crippen LogP contribution in [-0.2, 0) is 14.8 Å². The van der Waals surface area contributed by atoms with Gasteiger partial charge in [-0.15, -0.1) is 22.7 Å². The Hall–Kier alpha value is -2.44. The van der Waals surface area contributed by atoms with Crippen LogP contribution in [0.2, 0.25) is 0 Å². The number of anilines is 1. The molecule has 1 aromatic carbocycles. The lowest BCUT2D eigenvalue weighted by Crippen LogP contribution is -2.22. The standard InChI is InChI=1S/C20H18N4O3S4/c1-12(19(25)22-13-6-8-14(9-7-13)31(21,26)27)30-20-23-17(15-4-2-10-28-15)18(24-20)16-5-3-11-29-16/h2-12H,1H3,(H,22,25)(H,23,24)(H2,21,26,27)/t12-/m1/s1. The van der Waals surface area contributed by atoms with E-state index in [1.807, 2.05) is 35.0 Å². The van der Waals surface area contributed by atoms with E-state index in [-0.39, 0.29) is 10.8 Å². The largest absolute Gasteiger partial charge is 0.332 e. The highest BCUT2D eigenvalue weighted by Crippen LogP contribution is 2.37. The van der Waals surface area contributed by atoms with Gasteiger partial charge in [-0.25, -0.2) is 18.5 Å². The number of rotatable bonds is 7. The molecule has 4 rings (SSSR count). The summed E-state index contributed by atoms with van der Waals surface area (Å²) in [4.78, 5) is 22.9. The summed E-state index contributed by atoms with van der Waals surface area (Å²) in [5, 5.41) is 12.1. The Bertz CT molecular complexity index is 1230. The van der Waals surface area contributed by atoms with Gasteiger partial charge in [0.05, 0.1) is 25.6 Å². The molecule has 0 unspecified atom stereocenters. The molecule has 11 heteroatoms. The summed E-state index contributed by atoms with van der Waals surface area (Å²) >= 11 is 4.56. The maximum Gasteiger partial charge on any atom is 0.238 e. The highest BCUT2D eigenvalue weighted by molar-refractivity contribution is 8.00. The molecule has 3 heterocycles. The first-order chi connectivity index (χ1) is 14.8. The summed E-state index contributed by atoms with van der Waals surface area (Å²) in [5.74, 6) is -0.222. The van der Waals surface area contributed by atoms with Gasteiger partial charge in [0.15, 0.2) is 5.16 Å². The maximum absolute atomic E-state index is 12.6. The van der Waals surface area contributed by atoms with Crippen molar-refractivity contribution in [2.75, 3.05) is 5.32 Å². The Labute approximate surface area is 191 Å². The highest BCUT2D eigenvalue weighted by atomic mass is 32.2. The second-order valence-corrected chi connectivity index (χ2v) is 11.3. The number of nitrogens with zero attached hydrogens (tertiary/aromatic N) is 1. The Morgan fingerprint density at radius 2 is 1.74 bits per heavy atom. The van der Waals surface area contributed by atoms with Crippen molar-refractivity contribution in [3.63, 3.8) is 0 Å². The van der Waals surface area contributed by atoms with Crippen LogP contribution in [0.1, 0.15) is 6.92 Å². The van der Waals surface area contributed by atoms with E-state index in [0.717, 1.165) is 21.1 Å². The van der Waals surface area contributed by atoms with Crippen LogP contribution in [0.5, 0.6) is 0 Å². The number of aromatic amines is 1. The fourth-order valence-corrected chi connectivity index (χ4v) is 5.56. The van der Waals surface area contributed by atoms with Crippen molar-refractivity contribution >= 4 is 56.1 Å². The Morgan fingerprint density at radius 1 is 1.10 bits per heavy atom. The number of carbonyl (C=O) groups excluding carboxylic acids is 1. The molecule has 160 valence electrons. The fraction of sp³-hybridized carbons (Fsp3) is 0.100. The first kappa shape index (κ1) is 21.8. The zero-order chi connectivity index (χ0) is 22.0. The predicted molar refractivity (Wildman–Crippen MR) is 127 cm³/mol. The van der Waals surface area contributed by atoms with Crippen LogP contribution in [-0.4, -0.2) is 29.5 Å². The summed E-state index contributed by atoms with van der Waals surface area (Å²) < 4.78 is 22.7. The van der Waals surface area contributed by atoms with E-state index in [4.69, 9.17) is 10.1 Å². The minimum absolute atomic E-state index is 0.00859. The van der Waals surface area contributed by atoms with E-state index in [1.54, 1.807) is 29.6 Å². The molecule has 0 saturated heterocycles. The van der Waals surface area contributed by atoms with Crippen molar-refractivity contribution in [1.29, 1.82) is 0 Å². The van der Waals surface area contributed by atoms with E-state index < -0.39 is 15.3 Å². The van der Waals surface area contributed by atoms with Gasteiger partial charge in [-0.05, 0) is 54.1 Å². The molecular formula is C20H18N4O3S4. The number of thioether (sulfide) groups is 1. The number of aromatic nitrogens is 2. The first-order valence-electron chi connectivity index (χ1n) is 9.09. The molecule has 31 heavy (non-hydrogen) atoms. The number of nitrogens with one attached hydrogen (secondary N) is 2. The molecule has 0 aliphatic rings. The lowest BCUT2D eigenvalue weighted by molar-refractivity contribution is -0.115. The molecule has 1 atom stereocenters. The average Bonchev–Trinajstić information content (AvgIpc) is 3.48. The van der Waals surface area contributed by atoms with Gasteiger partial charge >= 0.3 is 0 Å². The summed E-state index contributed by atoms with van der Waals surface area (Å²) in [7, 11) is -3.77. The van der Waals surface area contributed by atoms with Gasteiger partial charge in [-0.1, -0.05) is 23.9 Å². The second kappa shape index (κ2) is 8.97. The number of thiophene rings is 2. The Kier molecular flexibility index (Phi) is 6.30. The van der Waals surface area contributed by atoms with E-state index >= 15 is 0 Å². The van der Waals surface area contributed by atoms with Gasteiger partial charge in [-0.3, -0.25) is 4.79 Å². The molecule has 0 aliphatic heterocycles. The normalized spacial score (nSPS) is 12.6. The van der Waals surface area contributed by atoms with Crippen LogP contribution >= 0.6 is 34.4 Å². The molecule has 0 bridgehead atoms. The van der Waals surface area contributed by atoms with Gasteiger partial charge in [0.25, 0.3) is 0 Å². The van der Waals surface area contributed by atoms with Crippen molar-refractivity contribution in [2.45, 2.75) is 22.2 Å². The number of carbonyl (C=O) groups is 1. The van der Waals surface area contributed by atoms with Crippen molar-refractivity contribution in [3.05, 3.63) is 59.3 Å². The third-order valence-corrected chi connectivity index (χ3v) is 7.99. The van der Waals surface area contributed by atoms with Gasteiger partial charge in [-0.2, -0.15) is 0 Å². The highest BCUT2D eigenvalue weighted by Gasteiger charge is 2.21. The number of hydrogen-bond donors (Lipinski definition) is 3. The summed E-state index contributed by atoms with van der Waals surface area (Å²) in [5.41, 5.74) is 2.29. The smallest absolute Gasteiger partial charge is 0.238 e. The van der Waals surface area contributed by atoms with E-state index in [9.17, 15) is 13.2 Å². The monoisotopic (exact) mass is 490 g/mol. The van der Waals surface area contributed by atoms with Crippen LogP contribution in [0.25, 0.3) is 21.1 Å². The molecule has 4 aromatic rings. The molecule has 1 amide bonds. The van der Waals surface area contributed by atoms with Crippen LogP contribution < -0.4 is 10.5 Å². The molecule has 0 saturated carbocycles. The molecule has 0 fully saturated rings. The molecule has 7 nitrogen and oxygen atoms in total. The lowest BCUT2D eigenvalue weighted by Gasteiger charge is -2.11. The minimum atomic E-state index is -3.77. The van der Waals surface area contributed by atoms with Crippen molar-refractivity contribution in [1.82, 2.24) is 9.97 Å². The van der Waals surface area contributed by atoms with Crippen LogP contribution in [0.3, 0.4) is 0 Å². The topological polar surface area (TPSA) is 118 Å². The van der Waals surface area contributed by atoms with Crippen LogP contribution in [0, 0.1) is 0 Å². The number of nitrogens with two attached hydrogens (primary N) is 1. The average molecular weight is 491 g/mol. The summed E-state index contributed by atoms with van der Waals surface area (Å²) in [6.07, 6.45) is 0. The molecule has 0 radical (unpaired) electrons. The SMILES string of the molecule is C[C@@H](Sc1nc(-c2cccs2)c(-c2cccs2)[nH]1)C(=O)Nc1ccc(S(N)(=O)=O)cc1. The van der Waals surface area contributed by atoms with Crippen molar-refractivity contribution < 1.29 is 13.2 Å². The molecular weight excluding hydrogens is 473 g/mol. The number of imidazole rings is 1. The summed E-state index contributed by atoms with van der Waals surface area (Å²) in [6, 6.07) is 13.8. The van der Waals surface area contributed by atoms with Gasteiger partial charge in [0.1, 0.15) is 5.69 Å². The third kappa shape index (κ3) is 5.08. The molecule has 0 spiro atoms. The number of hydrogen-bond acceptors (Lipinski definition) is 7. The fourth-order valence-electron chi connectivity index (χ4n) is 2.79. The molecule has 4 N–H and O–H groups in total.